The Labute approximate surface area is 63.4 Å². The lowest BCUT2D eigenvalue weighted by molar-refractivity contribution is -0.140. The molecule has 1 aromatic rings. The molecule has 0 saturated carbocycles. The van der Waals surface area contributed by atoms with Crippen molar-refractivity contribution in [2.24, 2.45) is 5.16 Å². The van der Waals surface area contributed by atoms with E-state index in [0.29, 0.717) is 0 Å². The van der Waals surface area contributed by atoms with E-state index in [2.05, 4.69) is 9.99 Å². The lowest BCUT2D eigenvalue weighted by Crippen LogP contribution is -1.90. The van der Waals surface area contributed by atoms with Crippen LogP contribution in [0.1, 0.15) is 12.5 Å². The summed E-state index contributed by atoms with van der Waals surface area (Å²) < 4.78 is 4.74. The van der Waals surface area contributed by atoms with Crippen LogP contribution >= 0.6 is 0 Å². The van der Waals surface area contributed by atoms with E-state index in [4.69, 9.17) is 4.42 Å². The Morgan fingerprint density at radius 1 is 1.82 bits per heavy atom. The van der Waals surface area contributed by atoms with E-state index in [-0.39, 0.29) is 0 Å². The van der Waals surface area contributed by atoms with Gasteiger partial charge >= 0.3 is 5.97 Å². The molecule has 0 radical (unpaired) electrons. The van der Waals surface area contributed by atoms with Crippen LogP contribution in [0.4, 0.5) is 0 Å². The number of furan rings is 1. The first-order valence-electron chi connectivity index (χ1n) is 3.02. The van der Waals surface area contributed by atoms with Crippen LogP contribution in [0, 0.1) is 0 Å². The van der Waals surface area contributed by atoms with Gasteiger partial charge in [0, 0.05) is 12.5 Å². The first-order chi connectivity index (χ1) is 5.29. The summed E-state index contributed by atoms with van der Waals surface area (Å²) in [5, 5.41) is 3.38. The van der Waals surface area contributed by atoms with Crippen molar-refractivity contribution in [2.45, 2.75) is 6.92 Å². The molecule has 0 bridgehead atoms. The second-order valence-corrected chi connectivity index (χ2v) is 1.87. The van der Waals surface area contributed by atoms with E-state index in [9.17, 15) is 4.79 Å². The van der Waals surface area contributed by atoms with Crippen LogP contribution in [0.25, 0.3) is 0 Å². The van der Waals surface area contributed by atoms with Crippen molar-refractivity contribution in [1.29, 1.82) is 0 Å². The number of rotatable bonds is 2. The number of carbonyl (C=O) groups excluding carboxylic acids is 1. The number of hydrogen-bond donors (Lipinski definition) is 0. The minimum absolute atomic E-state index is 0.440. The van der Waals surface area contributed by atoms with Gasteiger partial charge in [0.15, 0.2) is 0 Å². The van der Waals surface area contributed by atoms with Crippen LogP contribution in [-0.4, -0.2) is 12.2 Å². The third-order valence-corrected chi connectivity index (χ3v) is 0.926. The van der Waals surface area contributed by atoms with E-state index >= 15 is 0 Å². The molecule has 0 unspecified atom stereocenters. The first kappa shape index (κ1) is 7.53. The standard InChI is InChI=1S/C7H7NO3/c1-6(9)11-8-4-7-2-3-10-5-7/h2-5H,1H3/b8-4+. The van der Waals surface area contributed by atoms with E-state index in [0.717, 1.165) is 5.56 Å². The Bertz CT molecular complexity index is 251. The van der Waals surface area contributed by atoms with Gasteiger partial charge in [-0.25, -0.2) is 4.79 Å². The highest BCUT2D eigenvalue weighted by atomic mass is 16.7. The average Bonchev–Trinajstić information content (AvgIpc) is 2.39. The summed E-state index contributed by atoms with van der Waals surface area (Å²) in [6, 6.07) is 1.70. The van der Waals surface area contributed by atoms with Gasteiger partial charge in [-0.3, -0.25) is 0 Å². The molecule has 4 nitrogen and oxygen atoms in total. The van der Waals surface area contributed by atoms with E-state index < -0.39 is 5.97 Å². The minimum Gasteiger partial charge on any atom is -0.472 e. The van der Waals surface area contributed by atoms with Gasteiger partial charge in [-0.05, 0) is 6.07 Å². The molecule has 0 atom stereocenters. The van der Waals surface area contributed by atoms with Crippen molar-refractivity contribution in [3.05, 3.63) is 24.2 Å². The zero-order chi connectivity index (χ0) is 8.10. The molecule has 0 saturated heterocycles. The summed E-state index contributed by atoms with van der Waals surface area (Å²) in [5.41, 5.74) is 0.756. The summed E-state index contributed by atoms with van der Waals surface area (Å²) in [6.07, 6.45) is 4.40. The SMILES string of the molecule is CC(=O)O/N=C/c1ccoc1. The normalized spacial score (nSPS) is 10.3. The Hall–Kier alpha value is -1.58. The van der Waals surface area contributed by atoms with Gasteiger partial charge in [0.05, 0.1) is 18.7 Å². The van der Waals surface area contributed by atoms with Gasteiger partial charge in [-0.1, -0.05) is 5.16 Å². The van der Waals surface area contributed by atoms with Gasteiger partial charge < -0.3 is 9.25 Å². The van der Waals surface area contributed by atoms with Crippen LogP contribution in [0.2, 0.25) is 0 Å². The Kier molecular flexibility index (Phi) is 2.43. The fourth-order valence-electron chi connectivity index (χ4n) is 0.510. The van der Waals surface area contributed by atoms with Crippen molar-refractivity contribution in [1.82, 2.24) is 0 Å². The molecule has 1 aromatic heterocycles. The zero-order valence-electron chi connectivity index (χ0n) is 5.98. The fraction of sp³-hybridized carbons (Fsp3) is 0.143. The Morgan fingerprint density at radius 2 is 2.64 bits per heavy atom. The Morgan fingerprint density at radius 3 is 3.18 bits per heavy atom. The van der Waals surface area contributed by atoms with Gasteiger partial charge in [-0.15, -0.1) is 0 Å². The lowest BCUT2D eigenvalue weighted by Gasteiger charge is -1.85. The average molecular weight is 153 g/mol. The van der Waals surface area contributed by atoms with E-state index in [1.807, 2.05) is 0 Å². The molecule has 0 aliphatic heterocycles. The van der Waals surface area contributed by atoms with Crippen molar-refractivity contribution in [2.75, 3.05) is 0 Å². The predicted octanol–water partition coefficient (Wildman–Crippen LogP) is 1.18. The second kappa shape index (κ2) is 3.55. The number of carbonyl (C=O) groups is 1. The molecule has 58 valence electrons. The highest BCUT2D eigenvalue weighted by molar-refractivity contribution is 5.79. The molecule has 0 spiro atoms. The number of oxime groups is 1. The minimum atomic E-state index is -0.440. The highest BCUT2D eigenvalue weighted by Crippen LogP contribution is 1.95. The molecule has 0 aromatic carbocycles. The van der Waals surface area contributed by atoms with Gasteiger partial charge in [-0.2, -0.15) is 0 Å². The summed E-state index contributed by atoms with van der Waals surface area (Å²) in [6.45, 7) is 1.28. The van der Waals surface area contributed by atoms with Crippen LogP contribution in [-0.2, 0) is 9.63 Å². The van der Waals surface area contributed by atoms with Crippen molar-refractivity contribution < 1.29 is 14.0 Å². The largest absolute Gasteiger partial charge is 0.472 e. The quantitative estimate of drug-likeness (QED) is 0.364. The van der Waals surface area contributed by atoms with Gasteiger partial charge in [0.1, 0.15) is 0 Å². The van der Waals surface area contributed by atoms with E-state index in [1.165, 1.54) is 25.7 Å². The maximum Gasteiger partial charge on any atom is 0.331 e. The van der Waals surface area contributed by atoms with Gasteiger partial charge in [0.2, 0.25) is 0 Å². The third-order valence-electron chi connectivity index (χ3n) is 0.926. The summed E-state index contributed by atoms with van der Waals surface area (Å²) in [7, 11) is 0. The van der Waals surface area contributed by atoms with Crippen LogP contribution in [0.5, 0.6) is 0 Å². The molecule has 0 amide bonds. The second-order valence-electron chi connectivity index (χ2n) is 1.87. The van der Waals surface area contributed by atoms with Crippen LogP contribution in [0.3, 0.4) is 0 Å². The first-order valence-corrected chi connectivity index (χ1v) is 3.02. The molecule has 0 aliphatic carbocycles. The Balaban J connectivity index is 2.43. The topological polar surface area (TPSA) is 51.8 Å². The molecule has 0 N–H and O–H groups in total. The molecular weight excluding hydrogens is 146 g/mol. The van der Waals surface area contributed by atoms with Crippen molar-refractivity contribution in [3.63, 3.8) is 0 Å². The molecule has 1 rings (SSSR count). The van der Waals surface area contributed by atoms with Crippen molar-refractivity contribution in [3.8, 4) is 0 Å². The molecule has 1 heterocycles. The summed E-state index contributed by atoms with van der Waals surface area (Å²) >= 11 is 0. The molecular formula is C7H7NO3. The van der Waals surface area contributed by atoms with Crippen LogP contribution < -0.4 is 0 Å². The summed E-state index contributed by atoms with van der Waals surface area (Å²) in [5.74, 6) is -0.440. The van der Waals surface area contributed by atoms with Crippen molar-refractivity contribution >= 4 is 12.2 Å². The predicted molar refractivity (Wildman–Crippen MR) is 38.1 cm³/mol. The molecule has 4 heteroatoms. The van der Waals surface area contributed by atoms with E-state index in [1.54, 1.807) is 6.07 Å². The summed E-state index contributed by atoms with van der Waals surface area (Å²) in [4.78, 5) is 14.5. The number of hydrogen-bond acceptors (Lipinski definition) is 4. The third kappa shape index (κ3) is 2.66. The maximum atomic E-state index is 10.2. The highest BCUT2D eigenvalue weighted by Gasteiger charge is 1.89. The van der Waals surface area contributed by atoms with Gasteiger partial charge in [0.25, 0.3) is 0 Å². The smallest absolute Gasteiger partial charge is 0.331 e. The lowest BCUT2D eigenvalue weighted by atomic mass is 10.4. The van der Waals surface area contributed by atoms with Crippen LogP contribution in [0.15, 0.2) is 28.2 Å². The molecule has 0 aliphatic rings. The fourth-order valence-corrected chi connectivity index (χ4v) is 0.510. The number of nitrogens with zero attached hydrogens (tertiary/aromatic N) is 1. The molecule has 11 heavy (non-hydrogen) atoms. The maximum absolute atomic E-state index is 10.2. The molecule has 0 fully saturated rings. The monoisotopic (exact) mass is 153 g/mol. The zero-order valence-corrected chi connectivity index (χ0v) is 5.98.